The Hall–Kier alpha value is -1.58. The zero-order chi connectivity index (χ0) is 17.6. The number of hydrogen-bond donors (Lipinski definition) is 5. The summed E-state index contributed by atoms with van der Waals surface area (Å²) in [7, 11) is 0. The van der Waals surface area contributed by atoms with Crippen LogP contribution in [0.5, 0.6) is 0 Å². The molecule has 25 heavy (non-hydrogen) atoms. The SMILES string of the molecule is OC[C@H]1O[C@@]2(CC(c3ccc4ccccc4c3)NO2)[C@H](O)[C@@H](O)[C@@H]1O. The molecule has 2 aromatic carbocycles. The Labute approximate surface area is 144 Å². The molecule has 2 heterocycles. The lowest BCUT2D eigenvalue weighted by molar-refractivity contribution is -0.360. The number of ether oxygens (including phenoxy) is 1. The van der Waals surface area contributed by atoms with Crippen molar-refractivity contribution in [3.63, 3.8) is 0 Å². The smallest absolute Gasteiger partial charge is 0.218 e. The van der Waals surface area contributed by atoms with Crippen molar-refractivity contribution in [2.24, 2.45) is 0 Å². The predicted octanol–water partition coefficient (Wildman–Crippen LogP) is -0.0241. The average Bonchev–Trinajstić information content (AvgIpc) is 3.08. The number of fused-ring (bicyclic) bond motifs is 1. The van der Waals surface area contributed by atoms with E-state index in [1.165, 1.54) is 0 Å². The molecule has 0 amide bonds. The number of aliphatic hydroxyl groups excluding tert-OH is 4. The van der Waals surface area contributed by atoms with E-state index >= 15 is 0 Å². The van der Waals surface area contributed by atoms with Crippen molar-refractivity contribution in [3.05, 3.63) is 48.0 Å². The third kappa shape index (κ3) is 2.74. The largest absolute Gasteiger partial charge is 0.394 e. The molecular weight excluding hydrogens is 326 g/mol. The highest BCUT2D eigenvalue weighted by molar-refractivity contribution is 5.83. The average molecular weight is 347 g/mol. The molecule has 2 saturated heterocycles. The number of hydroxylamine groups is 1. The minimum absolute atomic E-state index is 0.229. The number of nitrogens with one attached hydrogen (secondary N) is 1. The van der Waals surface area contributed by atoms with Crippen LogP contribution in [0.3, 0.4) is 0 Å². The lowest BCUT2D eigenvalue weighted by Gasteiger charge is -2.45. The molecule has 0 radical (unpaired) electrons. The maximum atomic E-state index is 10.4. The van der Waals surface area contributed by atoms with Crippen LogP contribution in [0.1, 0.15) is 18.0 Å². The quantitative estimate of drug-likeness (QED) is 0.519. The molecule has 0 aromatic heterocycles. The molecule has 2 fully saturated rings. The van der Waals surface area contributed by atoms with Gasteiger partial charge in [0.05, 0.1) is 12.6 Å². The van der Waals surface area contributed by atoms with Crippen molar-refractivity contribution >= 4 is 10.8 Å². The van der Waals surface area contributed by atoms with Gasteiger partial charge < -0.3 is 25.2 Å². The molecule has 0 saturated carbocycles. The topological polar surface area (TPSA) is 111 Å². The van der Waals surface area contributed by atoms with Gasteiger partial charge in [-0.2, -0.15) is 5.48 Å². The van der Waals surface area contributed by atoms with E-state index in [1.54, 1.807) is 0 Å². The van der Waals surface area contributed by atoms with E-state index in [1.807, 2.05) is 42.5 Å². The van der Waals surface area contributed by atoms with Gasteiger partial charge in [0, 0.05) is 6.42 Å². The van der Waals surface area contributed by atoms with Crippen molar-refractivity contribution in [3.8, 4) is 0 Å². The van der Waals surface area contributed by atoms with Gasteiger partial charge >= 0.3 is 0 Å². The molecule has 5 N–H and O–H groups in total. The Morgan fingerprint density at radius 1 is 1.04 bits per heavy atom. The van der Waals surface area contributed by atoms with Crippen LogP contribution in [0.25, 0.3) is 10.8 Å². The van der Waals surface area contributed by atoms with Crippen LogP contribution >= 0.6 is 0 Å². The highest BCUT2D eigenvalue weighted by Gasteiger charge is 2.58. The third-order valence-electron chi connectivity index (χ3n) is 5.07. The summed E-state index contributed by atoms with van der Waals surface area (Å²) in [4.78, 5) is 5.52. The van der Waals surface area contributed by atoms with Crippen LogP contribution in [-0.2, 0) is 9.57 Å². The first-order valence-corrected chi connectivity index (χ1v) is 8.29. The molecule has 2 aromatic rings. The lowest BCUT2D eigenvalue weighted by Crippen LogP contribution is -2.65. The Bertz CT molecular complexity index is 768. The molecule has 2 aliphatic heterocycles. The van der Waals surface area contributed by atoms with Crippen molar-refractivity contribution < 1.29 is 30.0 Å². The lowest BCUT2D eigenvalue weighted by atomic mass is 9.88. The second-order valence-corrected chi connectivity index (χ2v) is 6.66. The van der Waals surface area contributed by atoms with Gasteiger partial charge in [0.1, 0.15) is 24.4 Å². The minimum Gasteiger partial charge on any atom is -0.394 e. The van der Waals surface area contributed by atoms with E-state index in [9.17, 15) is 20.4 Å². The monoisotopic (exact) mass is 347 g/mol. The maximum absolute atomic E-state index is 10.4. The van der Waals surface area contributed by atoms with Crippen LogP contribution < -0.4 is 5.48 Å². The standard InChI is InChI=1S/C18H21NO6/c20-9-14-15(21)16(22)17(23)18(24-14)8-13(19-25-18)12-6-5-10-3-1-2-4-11(10)7-12/h1-7,13-17,19-23H,8-9H2/t13?,14-,15-,16+,17-,18-/m1/s1. The Balaban J connectivity index is 1.60. The Morgan fingerprint density at radius 2 is 1.80 bits per heavy atom. The van der Waals surface area contributed by atoms with E-state index in [0.717, 1.165) is 16.3 Å². The Morgan fingerprint density at radius 3 is 2.56 bits per heavy atom. The molecule has 134 valence electrons. The molecule has 0 aliphatic carbocycles. The third-order valence-corrected chi connectivity index (χ3v) is 5.07. The second kappa shape index (κ2) is 6.30. The summed E-state index contributed by atoms with van der Waals surface area (Å²) < 4.78 is 5.62. The summed E-state index contributed by atoms with van der Waals surface area (Å²) in [5.41, 5.74) is 3.80. The van der Waals surface area contributed by atoms with E-state index in [4.69, 9.17) is 9.57 Å². The van der Waals surface area contributed by atoms with E-state index in [-0.39, 0.29) is 12.5 Å². The van der Waals surface area contributed by atoms with Crippen molar-refractivity contribution in [2.75, 3.05) is 6.61 Å². The van der Waals surface area contributed by atoms with E-state index in [0.29, 0.717) is 0 Å². The van der Waals surface area contributed by atoms with Crippen molar-refractivity contribution in [1.82, 2.24) is 5.48 Å². The highest BCUT2D eigenvalue weighted by Crippen LogP contribution is 2.42. The zero-order valence-electron chi connectivity index (χ0n) is 13.4. The molecular formula is C18H21NO6. The fourth-order valence-corrected chi connectivity index (χ4v) is 3.61. The minimum atomic E-state index is -1.53. The summed E-state index contributed by atoms with van der Waals surface area (Å²) in [6.45, 7) is -0.489. The second-order valence-electron chi connectivity index (χ2n) is 6.66. The number of hydrogen-bond acceptors (Lipinski definition) is 7. The van der Waals surface area contributed by atoms with Gasteiger partial charge in [0.25, 0.3) is 0 Å². The highest BCUT2D eigenvalue weighted by atomic mass is 16.8. The summed E-state index contributed by atoms with van der Waals surface area (Å²) in [6, 6.07) is 13.7. The molecule has 4 rings (SSSR count). The molecule has 1 unspecified atom stereocenters. The predicted molar refractivity (Wildman–Crippen MR) is 88.2 cm³/mol. The number of rotatable bonds is 2. The fourth-order valence-electron chi connectivity index (χ4n) is 3.61. The van der Waals surface area contributed by atoms with Gasteiger partial charge in [-0.15, -0.1) is 0 Å². The molecule has 6 atom stereocenters. The summed E-state index contributed by atoms with van der Waals surface area (Å²) in [6.07, 6.45) is -5.09. The van der Waals surface area contributed by atoms with Crippen LogP contribution in [-0.4, -0.2) is 57.2 Å². The molecule has 7 heteroatoms. The van der Waals surface area contributed by atoms with Crippen molar-refractivity contribution in [1.29, 1.82) is 0 Å². The van der Waals surface area contributed by atoms with Gasteiger partial charge in [0.2, 0.25) is 5.79 Å². The first-order valence-electron chi connectivity index (χ1n) is 8.29. The van der Waals surface area contributed by atoms with E-state index in [2.05, 4.69) is 5.48 Å². The zero-order valence-corrected chi connectivity index (χ0v) is 13.4. The van der Waals surface area contributed by atoms with Gasteiger partial charge in [0.15, 0.2) is 0 Å². The summed E-state index contributed by atoms with van der Waals surface area (Å²) >= 11 is 0. The molecule has 0 bridgehead atoms. The number of benzene rings is 2. The molecule has 1 spiro atoms. The van der Waals surface area contributed by atoms with Crippen molar-refractivity contribution in [2.45, 2.75) is 42.7 Å². The Kier molecular flexibility index (Phi) is 4.25. The van der Waals surface area contributed by atoms with Gasteiger partial charge in [-0.25, -0.2) is 0 Å². The normalized spacial score (nSPS) is 38.5. The van der Waals surface area contributed by atoms with Gasteiger partial charge in [-0.05, 0) is 22.4 Å². The van der Waals surface area contributed by atoms with Crippen LogP contribution in [0.2, 0.25) is 0 Å². The first kappa shape index (κ1) is 16.9. The van der Waals surface area contributed by atoms with Crippen LogP contribution in [0.15, 0.2) is 42.5 Å². The van der Waals surface area contributed by atoms with E-state index < -0.39 is 36.8 Å². The van der Waals surface area contributed by atoms with Gasteiger partial charge in [-0.1, -0.05) is 36.4 Å². The summed E-state index contributed by atoms with van der Waals surface area (Å²) in [5, 5.41) is 41.9. The molecule has 7 nitrogen and oxygen atoms in total. The van der Waals surface area contributed by atoms with Crippen LogP contribution in [0.4, 0.5) is 0 Å². The first-order chi connectivity index (χ1) is 12.0. The fraction of sp³-hybridized carbons (Fsp3) is 0.444. The number of aliphatic hydroxyl groups is 4. The van der Waals surface area contributed by atoms with Gasteiger partial charge in [-0.3, -0.25) is 4.84 Å². The maximum Gasteiger partial charge on any atom is 0.218 e. The molecule has 2 aliphatic rings. The van der Waals surface area contributed by atoms with Crippen LogP contribution in [0, 0.1) is 0 Å². The summed E-state index contributed by atoms with van der Waals surface area (Å²) in [5.74, 6) is -1.53.